The molecule has 0 saturated carbocycles. The van der Waals surface area contributed by atoms with E-state index in [0.717, 1.165) is 5.56 Å². The van der Waals surface area contributed by atoms with E-state index < -0.39 is 0 Å². The molecule has 4 rings (SSSR count). The molecule has 1 saturated heterocycles. The van der Waals surface area contributed by atoms with Gasteiger partial charge in [0.05, 0.1) is 12.0 Å². The first-order chi connectivity index (χ1) is 13.6. The maximum atomic E-state index is 12.5. The molecular weight excluding hydrogens is 380 g/mol. The third-order valence-corrected chi connectivity index (χ3v) is 5.06. The first-order valence-corrected chi connectivity index (χ1v) is 9.43. The molecule has 3 heterocycles. The normalized spacial score (nSPS) is 14.8. The van der Waals surface area contributed by atoms with Crippen LogP contribution in [0, 0.1) is 0 Å². The number of halogens is 1. The van der Waals surface area contributed by atoms with Crippen molar-refractivity contribution in [1.29, 1.82) is 0 Å². The SMILES string of the molecule is O=C(NC1CCN(C(=O)c2ccco2)CC1)c1cc(-c2ccc(Cl)cc2)n[nH]1. The van der Waals surface area contributed by atoms with E-state index in [0.29, 0.717) is 48.1 Å². The van der Waals surface area contributed by atoms with Crippen molar-refractivity contribution < 1.29 is 14.0 Å². The number of furan rings is 1. The molecule has 0 radical (unpaired) electrons. The van der Waals surface area contributed by atoms with Crippen LogP contribution in [0.2, 0.25) is 5.02 Å². The van der Waals surface area contributed by atoms with E-state index in [1.54, 1.807) is 35.2 Å². The van der Waals surface area contributed by atoms with Crippen LogP contribution in [0.3, 0.4) is 0 Å². The first-order valence-electron chi connectivity index (χ1n) is 9.05. The van der Waals surface area contributed by atoms with Gasteiger partial charge in [0.1, 0.15) is 5.69 Å². The van der Waals surface area contributed by atoms with E-state index in [4.69, 9.17) is 16.0 Å². The minimum Gasteiger partial charge on any atom is -0.459 e. The average molecular weight is 399 g/mol. The number of aromatic nitrogens is 2. The number of carbonyl (C=O) groups is 2. The second-order valence-electron chi connectivity index (χ2n) is 6.69. The molecule has 0 atom stereocenters. The summed E-state index contributed by atoms with van der Waals surface area (Å²) < 4.78 is 5.16. The van der Waals surface area contributed by atoms with Crippen molar-refractivity contribution >= 4 is 23.4 Å². The number of hydrogen-bond donors (Lipinski definition) is 2. The Morgan fingerprint density at radius 1 is 1.18 bits per heavy atom. The van der Waals surface area contributed by atoms with Crippen molar-refractivity contribution in [2.75, 3.05) is 13.1 Å². The molecular formula is C20H19ClN4O3. The minimum atomic E-state index is -0.205. The number of likely N-dealkylation sites (tertiary alicyclic amines) is 1. The second kappa shape index (κ2) is 7.90. The molecule has 1 aromatic carbocycles. The number of amides is 2. The minimum absolute atomic E-state index is 0.00966. The predicted octanol–water partition coefficient (Wildman–Crippen LogP) is 3.36. The summed E-state index contributed by atoms with van der Waals surface area (Å²) in [5.41, 5.74) is 1.96. The number of carbonyl (C=O) groups excluding carboxylic acids is 2. The molecule has 1 fully saturated rings. The number of rotatable bonds is 4. The zero-order chi connectivity index (χ0) is 19.5. The largest absolute Gasteiger partial charge is 0.459 e. The predicted molar refractivity (Wildman–Crippen MR) is 104 cm³/mol. The lowest BCUT2D eigenvalue weighted by Crippen LogP contribution is -2.46. The van der Waals surface area contributed by atoms with Crippen LogP contribution in [0.1, 0.15) is 33.9 Å². The van der Waals surface area contributed by atoms with Crippen molar-refractivity contribution in [3.05, 3.63) is 65.2 Å². The summed E-state index contributed by atoms with van der Waals surface area (Å²) in [6.45, 7) is 1.15. The third-order valence-electron chi connectivity index (χ3n) is 4.81. The quantitative estimate of drug-likeness (QED) is 0.705. The number of piperidine rings is 1. The van der Waals surface area contributed by atoms with Crippen LogP contribution in [0.25, 0.3) is 11.3 Å². The van der Waals surface area contributed by atoms with Gasteiger partial charge in [0, 0.05) is 29.7 Å². The van der Waals surface area contributed by atoms with Gasteiger partial charge in [-0.15, -0.1) is 0 Å². The lowest BCUT2D eigenvalue weighted by atomic mass is 10.0. The van der Waals surface area contributed by atoms with E-state index in [1.165, 1.54) is 6.26 Å². The van der Waals surface area contributed by atoms with Crippen LogP contribution in [0.4, 0.5) is 0 Å². The fraction of sp³-hybridized carbons (Fsp3) is 0.250. The molecule has 0 unspecified atom stereocenters. The van der Waals surface area contributed by atoms with Gasteiger partial charge in [-0.25, -0.2) is 0 Å². The van der Waals surface area contributed by atoms with Gasteiger partial charge in [-0.2, -0.15) is 5.10 Å². The molecule has 0 spiro atoms. The number of hydrogen-bond acceptors (Lipinski definition) is 4. The molecule has 0 bridgehead atoms. The monoisotopic (exact) mass is 398 g/mol. The Hall–Kier alpha value is -3.06. The van der Waals surface area contributed by atoms with Gasteiger partial charge >= 0.3 is 0 Å². The van der Waals surface area contributed by atoms with Crippen LogP contribution in [0.5, 0.6) is 0 Å². The highest BCUT2D eigenvalue weighted by Gasteiger charge is 2.26. The molecule has 2 amide bonds. The maximum absolute atomic E-state index is 12.5. The van der Waals surface area contributed by atoms with Crippen LogP contribution in [-0.4, -0.2) is 46.0 Å². The Bertz CT molecular complexity index is 958. The second-order valence-corrected chi connectivity index (χ2v) is 7.13. The summed E-state index contributed by atoms with van der Waals surface area (Å²) in [5.74, 6) is 0.0224. The van der Waals surface area contributed by atoms with Crippen molar-refractivity contribution in [2.24, 2.45) is 0 Å². The molecule has 144 valence electrons. The summed E-state index contributed by atoms with van der Waals surface area (Å²) >= 11 is 5.90. The maximum Gasteiger partial charge on any atom is 0.289 e. The summed E-state index contributed by atoms with van der Waals surface area (Å²) in [7, 11) is 0. The average Bonchev–Trinajstić information content (AvgIpc) is 3.41. The number of nitrogens with one attached hydrogen (secondary N) is 2. The van der Waals surface area contributed by atoms with Crippen molar-refractivity contribution in [1.82, 2.24) is 20.4 Å². The third kappa shape index (κ3) is 3.94. The molecule has 0 aliphatic carbocycles. The zero-order valence-electron chi connectivity index (χ0n) is 15.0. The molecule has 8 heteroatoms. The number of aromatic amines is 1. The number of H-pyrrole nitrogens is 1. The summed E-state index contributed by atoms with van der Waals surface area (Å²) in [4.78, 5) is 26.6. The molecule has 1 aliphatic rings. The fourth-order valence-electron chi connectivity index (χ4n) is 3.25. The van der Waals surface area contributed by atoms with Gasteiger partial charge in [0.25, 0.3) is 11.8 Å². The Balaban J connectivity index is 1.32. The van der Waals surface area contributed by atoms with Gasteiger partial charge in [-0.3, -0.25) is 14.7 Å². The van der Waals surface area contributed by atoms with Gasteiger partial charge in [0.15, 0.2) is 5.76 Å². The molecule has 1 aliphatic heterocycles. The Kier molecular flexibility index (Phi) is 5.16. The van der Waals surface area contributed by atoms with E-state index in [9.17, 15) is 9.59 Å². The van der Waals surface area contributed by atoms with E-state index in [2.05, 4.69) is 15.5 Å². The standard InChI is InChI=1S/C20H19ClN4O3/c21-14-5-3-13(4-6-14)16-12-17(24-23-16)19(26)22-15-7-9-25(10-8-15)20(27)18-2-1-11-28-18/h1-6,11-12,15H,7-10H2,(H,22,26)(H,23,24). The van der Waals surface area contributed by atoms with Crippen LogP contribution in [0.15, 0.2) is 53.1 Å². The Labute approximate surface area is 166 Å². The first kappa shape index (κ1) is 18.3. The van der Waals surface area contributed by atoms with Crippen molar-refractivity contribution in [2.45, 2.75) is 18.9 Å². The highest BCUT2D eigenvalue weighted by atomic mass is 35.5. The van der Waals surface area contributed by atoms with Gasteiger partial charge in [-0.05, 0) is 43.2 Å². The molecule has 2 N–H and O–H groups in total. The van der Waals surface area contributed by atoms with Crippen molar-refractivity contribution in [3.63, 3.8) is 0 Å². The summed E-state index contributed by atoms with van der Waals surface area (Å²) in [6.07, 6.45) is 2.87. The molecule has 28 heavy (non-hydrogen) atoms. The van der Waals surface area contributed by atoms with Crippen LogP contribution in [-0.2, 0) is 0 Å². The highest BCUT2D eigenvalue weighted by Crippen LogP contribution is 2.20. The van der Waals surface area contributed by atoms with Crippen molar-refractivity contribution in [3.8, 4) is 11.3 Å². The topological polar surface area (TPSA) is 91.2 Å². The van der Waals surface area contributed by atoms with Gasteiger partial charge in [-0.1, -0.05) is 23.7 Å². The van der Waals surface area contributed by atoms with Crippen LogP contribution < -0.4 is 5.32 Å². The Morgan fingerprint density at radius 3 is 2.61 bits per heavy atom. The number of nitrogens with zero attached hydrogens (tertiary/aromatic N) is 2. The van der Waals surface area contributed by atoms with Crippen LogP contribution >= 0.6 is 11.6 Å². The lowest BCUT2D eigenvalue weighted by molar-refractivity contribution is 0.0667. The molecule has 2 aromatic heterocycles. The van der Waals surface area contributed by atoms with E-state index >= 15 is 0 Å². The number of benzene rings is 1. The molecule has 7 nitrogen and oxygen atoms in total. The van der Waals surface area contributed by atoms with E-state index in [-0.39, 0.29) is 17.9 Å². The fourth-order valence-corrected chi connectivity index (χ4v) is 3.38. The van der Waals surface area contributed by atoms with Gasteiger partial charge < -0.3 is 14.6 Å². The summed E-state index contributed by atoms with van der Waals surface area (Å²) in [5, 5.41) is 10.6. The lowest BCUT2D eigenvalue weighted by Gasteiger charge is -2.31. The summed E-state index contributed by atoms with van der Waals surface area (Å²) in [6, 6.07) is 12.4. The zero-order valence-corrected chi connectivity index (χ0v) is 15.8. The highest BCUT2D eigenvalue weighted by molar-refractivity contribution is 6.30. The smallest absolute Gasteiger partial charge is 0.289 e. The van der Waals surface area contributed by atoms with E-state index in [1.807, 2.05) is 12.1 Å². The van der Waals surface area contributed by atoms with Gasteiger partial charge in [0.2, 0.25) is 0 Å². The molecule has 3 aromatic rings. The Morgan fingerprint density at radius 2 is 1.93 bits per heavy atom.